The smallest absolute Gasteiger partial charge is 0.240 e. The van der Waals surface area contributed by atoms with Crippen molar-refractivity contribution in [3.63, 3.8) is 0 Å². The summed E-state index contributed by atoms with van der Waals surface area (Å²) in [5, 5.41) is 4.42. The van der Waals surface area contributed by atoms with Gasteiger partial charge in [-0.05, 0) is 36.9 Å². The predicted molar refractivity (Wildman–Crippen MR) is 123 cm³/mol. The fourth-order valence-electron chi connectivity index (χ4n) is 4.72. The maximum absolute atomic E-state index is 5.77. The van der Waals surface area contributed by atoms with Crippen molar-refractivity contribution in [2.45, 2.75) is 50.7 Å². The van der Waals surface area contributed by atoms with E-state index in [9.17, 15) is 0 Å². The highest BCUT2D eigenvalue weighted by atomic mass is 16.5. The number of piperidine rings is 1. The third kappa shape index (κ3) is 4.81. The van der Waals surface area contributed by atoms with Crippen LogP contribution in [0.1, 0.15) is 54.4 Å². The zero-order chi connectivity index (χ0) is 21.6. The van der Waals surface area contributed by atoms with Gasteiger partial charge in [0.2, 0.25) is 5.89 Å². The van der Waals surface area contributed by atoms with E-state index < -0.39 is 0 Å². The fourth-order valence-corrected chi connectivity index (χ4v) is 4.72. The van der Waals surface area contributed by atoms with Crippen molar-refractivity contribution in [3.05, 3.63) is 102 Å². The molecule has 0 spiro atoms. The number of aromatic nitrogens is 4. The highest BCUT2D eigenvalue weighted by Gasteiger charge is 2.26. The summed E-state index contributed by atoms with van der Waals surface area (Å²) >= 11 is 0. The van der Waals surface area contributed by atoms with Gasteiger partial charge in [0.1, 0.15) is 0 Å². The Labute approximate surface area is 188 Å². The largest absolute Gasteiger partial charge is 0.338 e. The molecule has 0 amide bonds. The Kier molecular flexibility index (Phi) is 6.40. The van der Waals surface area contributed by atoms with Crippen molar-refractivity contribution in [2.24, 2.45) is 0 Å². The van der Waals surface area contributed by atoms with Gasteiger partial charge < -0.3 is 9.09 Å². The van der Waals surface area contributed by atoms with Crippen molar-refractivity contribution in [1.82, 2.24) is 24.6 Å². The average molecular weight is 428 g/mol. The second-order valence-corrected chi connectivity index (χ2v) is 8.51. The van der Waals surface area contributed by atoms with Crippen LogP contribution in [0.4, 0.5) is 0 Å². The molecule has 32 heavy (non-hydrogen) atoms. The van der Waals surface area contributed by atoms with Gasteiger partial charge in [-0.3, -0.25) is 4.90 Å². The maximum atomic E-state index is 5.77. The minimum absolute atomic E-state index is 0.0340. The van der Waals surface area contributed by atoms with Gasteiger partial charge in [0.15, 0.2) is 5.82 Å². The van der Waals surface area contributed by atoms with Crippen LogP contribution < -0.4 is 0 Å². The van der Waals surface area contributed by atoms with E-state index >= 15 is 0 Å². The first-order valence-corrected chi connectivity index (χ1v) is 11.5. The minimum atomic E-state index is -0.0340. The highest BCUT2D eigenvalue weighted by molar-refractivity contribution is 5.37. The minimum Gasteiger partial charge on any atom is -0.338 e. The molecule has 1 fully saturated rings. The Hall–Kier alpha value is -3.25. The van der Waals surface area contributed by atoms with E-state index in [0.29, 0.717) is 18.5 Å². The van der Waals surface area contributed by atoms with Gasteiger partial charge in [-0.1, -0.05) is 72.2 Å². The number of hydrogen-bond donors (Lipinski definition) is 0. The van der Waals surface area contributed by atoms with E-state index in [1.54, 1.807) is 0 Å². The Morgan fingerprint density at radius 2 is 1.72 bits per heavy atom. The molecule has 1 aliphatic heterocycles. The van der Waals surface area contributed by atoms with Gasteiger partial charge >= 0.3 is 0 Å². The molecule has 4 aromatic rings. The molecule has 2 aromatic heterocycles. The van der Waals surface area contributed by atoms with Crippen molar-refractivity contribution in [2.75, 3.05) is 6.54 Å². The average Bonchev–Trinajstić information content (AvgIpc) is 3.53. The lowest BCUT2D eigenvalue weighted by molar-refractivity contribution is 0.113. The van der Waals surface area contributed by atoms with Crippen LogP contribution in [0.25, 0.3) is 0 Å². The normalized spacial score (nSPS) is 17.1. The van der Waals surface area contributed by atoms with Crippen LogP contribution in [0, 0.1) is 0 Å². The molecule has 0 bridgehead atoms. The van der Waals surface area contributed by atoms with Crippen LogP contribution in [0.3, 0.4) is 0 Å². The van der Waals surface area contributed by atoms with Crippen LogP contribution in [0.2, 0.25) is 0 Å². The van der Waals surface area contributed by atoms with E-state index in [0.717, 1.165) is 25.3 Å². The van der Waals surface area contributed by atoms with Gasteiger partial charge in [-0.15, -0.1) is 0 Å². The summed E-state index contributed by atoms with van der Waals surface area (Å²) in [7, 11) is 0. The van der Waals surface area contributed by atoms with Gasteiger partial charge in [-0.25, -0.2) is 4.98 Å². The number of aryl methyl sites for hydroxylation is 1. The zero-order valence-corrected chi connectivity index (χ0v) is 18.3. The molecule has 0 saturated carbocycles. The lowest BCUT2D eigenvalue weighted by Gasteiger charge is -2.34. The van der Waals surface area contributed by atoms with E-state index in [2.05, 4.69) is 68.1 Å². The van der Waals surface area contributed by atoms with E-state index in [1.807, 2.05) is 30.9 Å². The summed E-state index contributed by atoms with van der Waals surface area (Å²) in [5.74, 6) is 1.39. The van der Waals surface area contributed by atoms with E-state index in [-0.39, 0.29) is 5.92 Å². The molecule has 0 radical (unpaired) electrons. The molecule has 6 nitrogen and oxygen atoms in total. The van der Waals surface area contributed by atoms with Crippen molar-refractivity contribution >= 4 is 0 Å². The molecule has 0 unspecified atom stereocenters. The van der Waals surface area contributed by atoms with Crippen molar-refractivity contribution < 1.29 is 4.52 Å². The molecule has 1 aliphatic rings. The van der Waals surface area contributed by atoms with Crippen LogP contribution >= 0.6 is 0 Å². The van der Waals surface area contributed by atoms with Gasteiger partial charge in [0.25, 0.3) is 0 Å². The molecule has 3 heterocycles. The topological polar surface area (TPSA) is 60.0 Å². The van der Waals surface area contributed by atoms with Crippen LogP contribution in [-0.2, 0) is 13.1 Å². The van der Waals surface area contributed by atoms with Crippen LogP contribution in [-0.4, -0.2) is 37.2 Å². The number of likely N-dealkylation sites (tertiary alicyclic amines) is 1. The summed E-state index contributed by atoms with van der Waals surface area (Å²) in [4.78, 5) is 11.5. The van der Waals surface area contributed by atoms with Gasteiger partial charge in [-0.2, -0.15) is 4.98 Å². The van der Waals surface area contributed by atoms with E-state index in [4.69, 9.17) is 9.51 Å². The third-order valence-electron chi connectivity index (χ3n) is 6.37. The Morgan fingerprint density at radius 1 is 0.969 bits per heavy atom. The third-order valence-corrected chi connectivity index (χ3v) is 6.37. The van der Waals surface area contributed by atoms with Crippen molar-refractivity contribution in [1.29, 1.82) is 0 Å². The molecule has 164 valence electrons. The van der Waals surface area contributed by atoms with Crippen LogP contribution in [0.15, 0.2) is 83.9 Å². The first kappa shape index (κ1) is 20.6. The molecule has 0 aliphatic carbocycles. The van der Waals surface area contributed by atoms with Crippen LogP contribution in [0.5, 0.6) is 0 Å². The summed E-state index contributed by atoms with van der Waals surface area (Å²) in [6.07, 6.45) is 10.6. The van der Waals surface area contributed by atoms with Gasteiger partial charge in [0.05, 0.1) is 18.8 Å². The highest BCUT2D eigenvalue weighted by Crippen LogP contribution is 2.30. The molecular formula is C26H29N5O. The zero-order valence-electron chi connectivity index (χ0n) is 18.3. The number of rotatable bonds is 8. The molecule has 6 heteroatoms. The summed E-state index contributed by atoms with van der Waals surface area (Å²) in [6.45, 7) is 2.77. The molecule has 2 aromatic carbocycles. The first-order valence-electron chi connectivity index (χ1n) is 11.5. The lowest BCUT2D eigenvalue weighted by Crippen LogP contribution is -2.39. The molecule has 1 atom stereocenters. The number of nitrogens with zero attached hydrogens (tertiary/aromatic N) is 5. The SMILES string of the molecule is c1ccc(C(c2ccccc2)c2noc(CN3CCCC[C@H]3CCn3ccnc3)n2)cc1. The molecular weight excluding hydrogens is 398 g/mol. The number of benzene rings is 2. The molecule has 0 N–H and O–H groups in total. The predicted octanol–water partition coefficient (Wildman–Crippen LogP) is 4.89. The maximum Gasteiger partial charge on any atom is 0.240 e. The Morgan fingerprint density at radius 3 is 2.41 bits per heavy atom. The molecule has 5 rings (SSSR count). The summed E-state index contributed by atoms with van der Waals surface area (Å²) in [5.41, 5.74) is 2.34. The fraction of sp³-hybridized carbons (Fsp3) is 0.346. The second-order valence-electron chi connectivity index (χ2n) is 8.51. The Bertz CT molecular complexity index is 1040. The number of imidazole rings is 1. The standard InChI is InChI=1S/C26H29N5O/c1-3-9-21(10-4-1)25(22-11-5-2-6-12-22)26-28-24(32-29-26)19-31-16-8-7-13-23(31)14-17-30-18-15-27-20-30/h1-6,9-12,15,18,20,23,25H,7-8,13-14,16-17,19H2/t23-/m0/s1. The first-order chi connectivity index (χ1) is 15.9. The monoisotopic (exact) mass is 427 g/mol. The van der Waals surface area contributed by atoms with Crippen molar-refractivity contribution in [3.8, 4) is 0 Å². The quantitative estimate of drug-likeness (QED) is 0.401. The Balaban J connectivity index is 1.33. The lowest BCUT2D eigenvalue weighted by atomic mass is 9.91. The summed E-state index contributed by atoms with van der Waals surface area (Å²) < 4.78 is 7.93. The summed E-state index contributed by atoms with van der Waals surface area (Å²) in [6, 6.07) is 21.4. The molecule has 1 saturated heterocycles. The van der Waals surface area contributed by atoms with Gasteiger partial charge in [0, 0.05) is 25.0 Å². The second kappa shape index (κ2) is 9.92. The van der Waals surface area contributed by atoms with E-state index in [1.165, 1.54) is 30.4 Å². The number of hydrogen-bond acceptors (Lipinski definition) is 5.